The third-order valence-electron chi connectivity index (χ3n) is 3.27. The van der Waals surface area contributed by atoms with Gasteiger partial charge in [-0.15, -0.1) is 0 Å². The molecule has 6 heteroatoms. The van der Waals surface area contributed by atoms with Crippen LogP contribution < -0.4 is 10.1 Å². The molecular weight excluding hydrogens is 347 g/mol. The van der Waals surface area contributed by atoms with Gasteiger partial charge in [-0.05, 0) is 35.9 Å². The van der Waals surface area contributed by atoms with Crippen LogP contribution in [0.5, 0.6) is 5.75 Å². The molecule has 2 nitrogen and oxygen atoms in total. The van der Waals surface area contributed by atoms with E-state index in [0.29, 0.717) is 18.0 Å². The van der Waals surface area contributed by atoms with Gasteiger partial charge in [0.2, 0.25) is 0 Å². The van der Waals surface area contributed by atoms with Crippen LogP contribution in [0.2, 0.25) is 0 Å². The van der Waals surface area contributed by atoms with Crippen LogP contribution in [0.4, 0.5) is 18.9 Å². The molecule has 110 valence electrons. The van der Waals surface area contributed by atoms with Crippen molar-refractivity contribution in [2.24, 2.45) is 0 Å². The number of rotatable bonds is 1. The number of anilines is 1. The number of alkyl halides is 3. The Morgan fingerprint density at radius 1 is 1.14 bits per heavy atom. The SMILES string of the molecule is FC(F)(F)c1ccc2c(c1)NCC(c1cccc(Br)c1)O2. The summed E-state index contributed by atoms with van der Waals surface area (Å²) in [6.07, 6.45) is -4.58. The predicted octanol–water partition coefficient (Wildman–Crippen LogP) is 5.01. The first kappa shape index (κ1) is 14.3. The highest BCUT2D eigenvalue weighted by molar-refractivity contribution is 9.10. The number of fused-ring (bicyclic) bond motifs is 1. The molecule has 2 aromatic rings. The van der Waals surface area contributed by atoms with Gasteiger partial charge in [-0.2, -0.15) is 13.2 Å². The summed E-state index contributed by atoms with van der Waals surface area (Å²) in [4.78, 5) is 0. The fourth-order valence-electron chi connectivity index (χ4n) is 2.24. The smallest absolute Gasteiger partial charge is 0.416 e. The minimum absolute atomic E-state index is 0.230. The number of ether oxygens (including phenoxy) is 1. The molecule has 3 rings (SSSR count). The highest BCUT2D eigenvalue weighted by Crippen LogP contribution is 2.39. The molecule has 0 bridgehead atoms. The van der Waals surface area contributed by atoms with Crippen molar-refractivity contribution in [2.45, 2.75) is 12.3 Å². The zero-order valence-corrected chi connectivity index (χ0v) is 12.3. The van der Waals surface area contributed by atoms with Crippen LogP contribution in [0.25, 0.3) is 0 Å². The van der Waals surface area contributed by atoms with Crippen molar-refractivity contribution in [1.82, 2.24) is 0 Å². The monoisotopic (exact) mass is 357 g/mol. The summed E-state index contributed by atoms with van der Waals surface area (Å²) in [5.74, 6) is 0.430. The Kier molecular flexibility index (Phi) is 3.57. The van der Waals surface area contributed by atoms with E-state index in [-0.39, 0.29) is 6.10 Å². The molecule has 0 radical (unpaired) electrons. The number of benzene rings is 2. The van der Waals surface area contributed by atoms with Crippen molar-refractivity contribution in [3.63, 3.8) is 0 Å². The van der Waals surface area contributed by atoms with E-state index in [1.54, 1.807) is 0 Å². The molecule has 21 heavy (non-hydrogen) atoms. The zero-order chi connectivity index (χ0) is 15.0. The lowest BCUT2D eigenvalue weighted by Gasteiger charge is -2.28. The van der Waals surface area contributed by atoms with Gasteiger partial charge < -0.3 is 10.1 Å². The maximum atomic E-state index is 12.7. The Labute approximate surface area is 128 Å². The van der Waals surface area contributed by atoms with Gasteiger partial charge >= 0.3 is 6.18 Å². The molecular formula is C15H11BrF3NO. The molecule has 0 fully saturated rings. The summed E-state index contributed by atoms with van der Waals surface area (Å²) < 4.78 is 44.7. The maximum Gasteiger partial charge on any atom is 0.416 e. The van der Waals surface area contributed by atoms with Gasteiger partial charge in [-0.3, -0.25) is 0 Å². The molecule has 1 N–H and O–H groups in total. The third-order valence-corrected chi connectivity index (χ3v) is 3.77. The van der Waals surface area contributed by atoms with Gasteiger partial charge in [-0.1, -0.05) is 28.1 Å². The van der Waals surface area contributed by atoms with Crippen LogP contribution in [-0.4, -0.2) is 6.54 Å². The molecule has 1 aliphatic rings. The van der Waals surface area contributed by atoms with E-state index in [1.807, 2.05) is 24.3 Å². The summed E-state index contributed by atoms with van der Waals surface area (Å²) >= 11 is 3.39. The molecule has 1 unspecified atom stereocenters. The van der Waals surface area contributed by atoms with Crippen molar-refractivity contribution in [2.75, 3.05) is 11.9 Å². The number of hydrogen-bond acceptors (Lipinski definition) is 2. The molecule has 2 aromatic carbocycles. The van der Waals surface area contributed by atoms with Crippen LogP contribution in [0, 0.1) is 0 Å². The van der Waals surface area contributed by atoms with E-state index in [1.165, 1.54) is 6.07 Å². The van der Waals surface area contributed by atoms with Crippen LogP contribution in [0.3, 0.4) is 0 Å². The zero-order valence-electron chi connectivity index (χ0n) is 10.7. The second kappa shape index (κ2) is 5.26. The van der Waals surface area contributed by atoms with E-state index < -0.39 is 11.7 Å². The normalized spacial score (nSPS) is 17.6. The average Bonchev–Trinajstić information content (AvgIpc) is 2.45. The molecule has 1 heterocycles. The molecule has 0 spiro atoms. The second-order valence-corrected chi connectivity index (χ2v) is 5.67. The lowest BCUT2D eigenvalue weighted by atomic mass is 10.1. The topological polar surface area (TPSA) is 21.3 Å². The molecule has 1 aliphatic heterocycles. The van der Waals surface area contributed by atoms with Crippen molar-refractivity contribution in [3.05, 3.63) is 58.1 Å². The highest BCUT2D eigenvalue weighted by Gasteiger charge is 2.32. The Morgan fingerprint density at radius 2 is 1.95 bits per heavy atom. The number of nitrogens with one attached hydrogen (secondary N) is 1. The lowest BCUT2D eigenvalue weighted by Crippen LogP contribution is -2.24. The Bertz CT molecular complexity index is 672. The molecule has 0 saturated heterocycles. The standard InChI is InChI=1S/C15H11BrF3NO/c16-11-3-1-2-9(6-11)14-8-20-12-7-10(15(17,18)19)4-5-13(12)21-14/h1-7,14,20H,8H2. The van der Waals surface area contributed by atoms with Crippen LogP contribution >= 0.6 is 15.9 Å². The lowest BCUT2D eigenvalue weighted by molar-refractivity contribution is -0.137. The summed E-state index contributed by atoms with van der Waals surface area (Å²) in [5.41, 5.74) is 0.650. The summed E-state index contributed by atoms with van der Waals surface area (Å²) in [6, 6.07) is 11.1. The first-order valence-corrected chi connectivity index (χ1v) is 7.10. The molecule has 0 saturated carbocycles. The molecule has 0 amide bonds. The first-order valence-electron chi connectivity index (χ1n) is 6.31. The highest BCUT2D eigenvalue weighted by atomic mass is 79.9. The molecule has 0 aliphatic carbocycles. The Balaban J connectivity index is 1.86. The minimum Gasteiger partial charge on any atom is -0.482 e. The van der Waals surface area contributed by atoms with Gasteiger partial charge in [0.05, 0.1) is 17.8 Å². The van der Waals surface area contributed by atoms with E-state index in [2.05, 4.69) is 21.2 Å². The quantitative estimate of drug-likeness (QED) is 0.774. The molecule has 1 atom stereocenters. The Morgan fingerprint density at radius 3 is 2.67 bits per heavy atom. The Hall–Kier alpha value is -1.69. The predicted molar refractivity (Wildman–Crippen MR) is 77.4 cm³/mol. The molecule has 0 aromatic heterocycles. The van der Waals surface area contributed by atoms with Gasteiger partial charge in [-0.25, -0.2) is 0 Å². The summed E-state index contributed by atoms with van der Waals surface area (Å²) in [7, 11) is 0. The van der Waals surface area contributed by atoms with E-state index in [4.69, 9.17) is 4.74 Å². The average molecular weight is 358 g/mol. The fraction of sp³-hybridized carbons (Fsp3) is 0.200. The largest absolute Gasteiger partial charge is 0.482 e. The number of hydrogen-bond donors (Lipinski definition) is 1. The fourth-order valence-corrected chi connectivity index (χ4v) is 2.65. The van der Waals surface area contributed by atoms with Gasteiger partial charge in [0, 0.05) is 4.47 Å². The summed E-state index contributed by atoms with van der Waals surface area (Å²) in [6.45, 7) is 0.421. The van der Waals surface area contributed by atoms with Crippen LogP contribution in [0.1, 0.15) is 17.2 Å². The summed E-state index contributed by atoms with van der Waals surface area (Å²) in [5, 5.41) is 3.00. The second-order valence-electron chi connectivity index (χ2n) is 4.75. The van der Waals surface area contributed by atoms with Gasteiger partial charge in [0.25, 0.3) is 0 Å². The van der Waals surface area contributed by atoms with E-state index >= 15 is 0 Å². The van der Waals surface area contributed by atoms with Gasteiger partial charge in [0.1, 0.15) is 11.9 Å². The van der Waals surface area contributed by atoms with Crippen LogP contribution in [-0.2, 0) is 6.18 Å². The first-order chi connectivity index (χ1) is 9.93. The van der Waals surface area contributed by atoms with Crippen molar-refractivity contribution in [1.29, 1.82) is 0 Å². The third kappa shape index (κ3) is 3.00. The van der Waals surface area contributed by atoms with Crippen LogP contribution in [0.15, 0.2) is 46.9 Å². The number of halogens is 4. The van der Waals surface area contributed by atoms with Crippen molar-refractivity contribution < 1.29 is 17.9 Å². The van der Waals surface area contributed by atoms with E-state index in [9.17, 15) is 13.2 Å². The maximum absolute atomic E-state index is 12.7. The minimum atomic E-state index is -4.35. The van der Waals surface area contributed by atoms with Crippen molar-refractivity contribution >= 4 is 21.6 Å². The van der Waals surface area contributed by atoms with Gasteiger partial charge in [0.15, 0.2) is 0 Å². The van der Waals surface area contributed by atoms with Crippen molar-refractivity contribution in [3.8, 4) is 5.75 Å². The van der Waals surface area contributed by atoms with E-state index in [0.717, 1.165) is 22.2 Å².